The number of hydrogen-bond donors (Lipinski definition) is 27. The van der Waals surface area contributed by atoms with E-state index in [0.29, 0.717) is 17.1 Å². The first-order valence-electron chi connectivity index (χ1n) is 47.9. The lowest BCUT2D eigenvalue weighted by Crippen LogP contribution is -2.68. The maximum Gasteiger partial charge on any atom is 0.321 e. The molecule has 53 nitrogen and oxygen atoms in total. The number of fused-ring (bicyclic) bond motifs is 1. The molecule has 1 aromatic heterocycles. The number of carbonyl (C=O) groups is 6. The fourth-order valence-electron chi connectivity index (χ4n) is 18.2. The number of carbonyl (C=O) groups excluding carboxylic acids is 4. The van der Waals surface area contributed by atoms with Crippen molar-refractivity contribution in [2.75, 3.05) is 102 Å². The minimum absolute atomic E-state index is 0.0283. The third kappa shape index (κ3) is 31.7. The molecule has 834 valence electrons. The van der Waals surface area contributed by atoms with E-state index >= 15 is 0 Å². The molecule has 24 heterocycles. The molecule has 0 aromatic carbocycles. The first-order chi connectivity index (χ1) is 68.5. The van der Waals surface area contributed by atoms with Crippen molar-refractivity contribution in [1.29, 1.82) is 0 Å². The molecule has 57 heteroatoms. The normalized spacial score (nSPS) is 42.0. The first kappa shape index (κ1) is 123. The van der Waals surface area contributed by atoms with E-state index in [0.717, 1.165) is 48.4 Å². The van der Waals surface area contributed by atoms with Gasteiger partial charge in [0.1, 0.15) is 193 Å². The molecule has 14 bridgehead atoms. The van der Waals surface area contributed by atoms with E-state index in [2.05, 4.69) is 15.4 Å². The number of nitrogens with two attached hydrogens (primary N) is 1. The predicted octanol–water partition coefficient (Wildman–Crippen LogP) is -9.61. The van der Waals surface area contributed by atoms with E-state index < -0.39 is 333 Å². The summed E-state index contributed by atoms with van der Waals surface area (Å²) in [6.45, 7) is 6.98. The minimum atomic E-state index is -3.53. The van der Waals surface area contributed by atoms with Crippen LogP contribution in [0, 0.1) is 23.2 Å². The topological polar surface area (TPSA) is 837 Å². The summed E-state index contributed by atoms with van der Waals surface area (Å²) in [5.41, 5.74) is 5.11. The highest BCUT2D eigenvalue weighted by molar-refractivity contribution is 7.99. The van der Waals surface area contributed by atoms with E-state index in [9.17, 15) is 156 Å². The molecule has 28 N–H and O–H groups in total. The molecule has 0 radical (unpaired) electrons. The molecule has 0 spiro atoms. The number of ketones is 3. The average Bonchev–Trinajstić information content (AvgIpc) is 1.73. The Hall–Kier alpha value is -3.96. The number of thioether (sulfide) groups is 2. The van der Waals surface area contributed by atoms with Crippen molar-refractivity contribution in [3.05, 3.63) is 21.7 Å². The van der Waals surface area contributed by atoms with Crippen molar-refractivity contribution < 1.29 is 241 Å². The van der Waals surface area contributed by atoms with Crippen molar-refractivity contribution in [1.82, 2.24) is 15.4 Å². The SMILES string of the molecule is C/C(=C\c1csc(CNP(=O)(O)CCN)n1)C1C[C@H]2O[C@@]2(C)CCC[C@@H](C)[C@@H](O)[C@H](C)C(=O)C(C)(C)[C@H](O)CC(=O)O1.CN[C@H](CSCC1O[C@@H]2O[C@@H]3C(CO)O[C@H](O[C@@H]4C(CO)O[C@H](O[C@@H]5C(CO)O[C@H](O[C@@H]6C(CSC[C@@H](CC(=O)CCOCCOCCC(C)=O)C(=O)O)O[C@H](O[C@@H]7C(CO)O[C@H](O[C@@H]8C(CO)O[C@H](O[C@H]1[C@H](O)C2O)C(O)[C@H]8O)C(O)[C@H]7O)C(O)[C@H]6O)C(O)[C@H]5O)C(O)[C@H]4O)C(O)[C@H]3O)C(=O)O. The van der Waals surface area contributed by atoms with Crippen molar-refractivity contribution in [2.45, 2.75) is 357 Å². The molecule has 16 unspecified atom stereocenters. The molecular formula is C88H145N4O49PS3. The second kappa shape index (κ2) is 55.9. The number of esters is 1. The molecule has 1 aromatic rings. The van der Waals surface area contributed by atoms with Gasteiger partial charge in [0, 0.05) is 66.5 Å². The van der Waals surface area contributed by atoms with Gasteiger partial charge in [0.05, 0.1) is 132 Å². The fraction of sp³-hybridized carbons (Fsp3) is 0.875. The number of ether oxygens (including phenoxy) is 18. The van der Waals surface area contributed by atoms with Gasteiger partial charge in [0.25, 0.3) is 7.52 Å². The van der Waals surface area contributed by atoms with E-state index in [1.165, 1.54) is 25.3 Å². The molecule has 145 heavy (non-hydrogen) atoms. The Labute approximate surface area is 846 Å². The molecule has 23 aliphatic rings. The van der Waals surface area contributed by atoms with Crippen LogP contribution in [0.2, 0.25) is 0 Å². The van der Waals surface area contributed by atoms with E-state index in [1.807, 2.05) is 32.2 Å². The molecule has 23 aliphatic heterocycles. The Bertz CT molecular complexity index is 4290. The van der Waals surface area contributed by atoms with Crippen molar-refractivity contribution in [3.8, 4) is 0 Å². The largest absolute Gasteiger partial charge is 0.481 e. The summed E-state index contributed by atoms with van der Waals surface area (Å²) in [6, 6.07) is -1.18. The first-order valence-corrected chi connectivity index (χ1v) is 52.9. The number of carboxylic acids is 2. The minimum Gasteiger partial charge on any atom is -0.481 e. The smallest absolute Gasteiger partial charge is 0.321 e. The molecule has 23 fully saturated rings. The number of thiazole rings is 1. The van der Waals surface area contributed by atoms with Gasteiger partial charge in [-0.25, -0.2) is 10.1 Å². The Morgan fingerprint density at radius 1 is 0.545 bits per heavy atom. The van der Waals surface area contributed by atoms with Gasteiger partial charge in [-0.3, -0.25) is 33.3 Å². The number of cyclic esters (lactones) is 1. The van der Waals surface area contributed by atoms with E-state index in [4.69, 9.17) is 91.0 Å². The van der Waals surface area contributed by atoms with Gasteiger partial charge >= 0.3 is 17.9 Å². The summed E-state index contributed by atoms with van der Waals surface area (Å²) in [6.07, 6.45) is -71.9. The molecule has 45 atom stereocenters. The summed E-state index contributed by atoms with van der Waals surface area (Å²) in [4.78, 5) is 89.5. The monoisotopic (exact) mass is 2170 g/mol. The van der Waals surface area contributed by atoms with Crippen LogP contribution < -0.4 is 16.1 Å². The van der Waals surface area contributed by atoms with Gasteiger partial charge < -0.3 is 219 Å². The number of nitrogens with zero attached hydrogens (tertiary/aromatic N) is 1. The van der Waals surface area contributed by atoms with Crippen LogP contribution in [0.1, 0.15) is 111 Å². The summed E-state index contributed by atoms with van der Waals surface area (Å²) >= 11 is 3.00. The highest BCUT2D eigenvalue weighted by atomic mass is 32.2. The van der Waals surface area contributed by atoms with Crippen LogP contribution >= 0.6 is 42.4 Å². The molecule has 0 aliphatic carbocycles. The van der Waals surface area contributed by atoms with Crippen molar-refractivity contribution in [3.63, 3.8) is 0 Å². The van der Waals surface area contributed by atoms with Gasteiger partial charge in [-0.1, -0.05) is 34.1 Å². The third-order valence-corrected chi connectivity index (χ3v) is 32.0. The maximum absolute atomic E-state index is 13.3. The number of aromatic nitrogens is 1. The van der Waals surface area contributed by atoms with E-state index in [-0.39, 0.29) is 111 Å². The second-order valence-corrected chi connectivity index (χ2v) is 43.7. The summed E-state index contributed by atoms with van der Waals surface area (Å²) in [5.74, 6) is -7.83. The Kier molecular flexibility index (Phi) is 47.4. The van der Waals surface area contributed by atoms with Gasteiger partial charge in [-0.2, -0.15) is 23.5 Å². The lowest BCUT2D eigenvalue weighted by Gasteiger charge is -2.50. The van der Waals surface area contributed by atoms with Gasteiger partial charge in [-0.15, -0.1) is 11.3 Å². The number of likely N-dealkylation sites (N-methyl/N-ethyl adjacent to an activating group) is 1. The Morgan fingerprint density at radius 3 is 1.29 bits per heavy atom. The number of aliphatic hydroxyl groups is 21. The lowest BCUT2D eigenvalue weighted by atomic mass is 9.73. The Balaban J connectivity index is 0.000000426. The highest BCUT2D eigenvalue weighted by Crippen LogP contribution is 2.47. The van der Waals surface area contributed by atoms with Gasteiger partial charge in [0.15, 0.2) is 44.0 Å². The van der Waals surface area contributed by atoms with Crippen molar-refractivity contribution in [2.24, 2.45) is 28.9 Å². The molecule has 0 amide bonds. The summed E-state index contributed by atoms with van der Waals surface area (Å²) in [7, 11) is -2.18. The molecule has 24 rings (SSSR count). The van der Waals surface area contributed by atoms with Gasteiger partial charge in [-0.05, 0) is 58.2 Å². The van der Waals surface area contributed by atoms with Gasteiger partial charge in [0.2, 0.25) is 0 Å². The van der Waals surface area contributed by atoms with Crippen molar-refractivity contribution >= 4 is 83.7 Å². The zero-order valence-electron chi connectivity index (χ0n) is 81.1. The van der Waals surface area contributed by atoms with E-state index in [1.54, 1.807) is 20.8 Å². The van der Waals surface area contributed by atoms with Crippen LogP contribution in [-0.2, 0) is 125 Å². The standard InChI is InChI=1S/C59H97NO41S2.C29H48N3O8PS/c1-19(66)3-5-86-7-8-87-6-4-21(67)9-20(51(82)83)15-102-17-28-49-35(73)42(80)58(93-28)98-47-26(13-64)89-55(38(76)31(47)69)97-46-25(12-63)92-57(41(79)34(46)72)101-50-29(18-103-16-22(60-2)52(84)85)94-59(43(81)36(50)74)99-48-27(14-65)90-54(39(77)32(48)70)95-44-23(10-61)88-53(37(75)30(44)68)96-45-24(11-62)91-56(100-49)40(78)33(45)71;1-17-8-7-9-29(6)23(40-29)13-21(39-25(34)14-22(33)28(4,5)27(36)19(3)26(17)35)18(2)12-20-16-42-24(32-20)15-31-41(37,38)11-10-30/h20,22-50,53-65,68-81H,3-18H2,1-2H3,(H,82,83)(H,84,85);12,16-17,19,21-23,26,33,35H,7-11,13-15,30H2,1-6H3,(H2,31,37,38)/b;18-12+/t20-,22-,23?,24?,25?,26?,27?,28?,29?,30-,31-,32-,33-,34-,35-,36-,37?,38?,39?,40?,41?,42?,43?,44-,45-,46-,47-,48-,49-,50-,53-,54-,55-,56-,57-,58-,59-;17-,19+,21?,22-,23-,26-,29+/m11/s1. The predicted molar refractivity (Wildman–Crippen MR) is 493 cm³/mol. The number of epoxide rings is 1. The van der Waals surface area contributed by atoms with Crippen LogP contribution in [0.15, 0.2) is 11.0 Å². The van der Waals surface area contributed by atoms with Crippen LogP contribution in [0.3, 0.4) is 0 Å². The average molecular weight is 2170 g/mol. The number of aliphatic hydroxyl groups excluding tert-OH is 21. The van der Waals surface area contributed by atoms with Crippen LogP contribution in [0.4, 0.5) is 0 Å². The van der Waals surface area contributed by atoms with Crippen LogP contribution in [0.25, 0.3) is 6.08 Å². The maximum atomic E-state index is 13.3. The highest BCUT2D eigenvalue weighted by Gasteiger charge is 2.61. The fourth-order valence-corrected chi connectivity index (χ4v) is 22.2. The number of aliphatic carboxylic acids is 2. The van der Waals surface area contributed by atoms with Crippen LogP contribution in [-0.4, -0.2) is 516 Å². The summed E-state index contributed by atoms with van der Waals surface area (Å²) < 4.78 is 117. The number of rotatable bonds is 34. The van der Waals surface area contributed by atoms with Crippen LogP contribution in [0.5, 0.6) is 0 Å². The zero-order chi connectivity index (χ0) is 107. The molecular weight excluding hydrogens is 2020 g/mol. The number of carboxylic acid groups (broad SMARTS) is 2. The second-order valence-electron chi connectivity index (χ2n) is 38.4. The molecule has 0 saturated carbocycles. The quantitative estimate of drug-likeness (QED) is 0.0132. The third-order valence-electron chi connectivity index (χ3n) is 27.3. The lowest BCUT2D eigenvalue weighted by molar-refractivity contribution is -0.395. The summed E-state index contributed by atoms with van der Waals surface area (Å²) in [5, 5.41) is 266. The zero-order valence-corrected chi connectivity index (χ0v) is 84.4. The number of nitrogens with one attached hydrogen (secondary N) is 2. The Morgan fingerprint density at radius 2 is 0.924 bits per heavy atom. The number of hydrogen-bond acceptors (Lipinski definition) is 52. The number of Topliss-reactive ketones (excluding diaryl/α,β-unsaturated/α-hetero) is 3. The molecule has 23 saturated heterocycles.